The van der Waals surface area contributed by atoms with Gasteiger partial charge in [-0.05, 0) is 40.3 Å². The fourth-order valence-electron chi connectivity index (χ4n) is 8.33. The molecule has 306 valence electrons. The van der Waals surface area contributed by atoms with Gasteiger partial charge in [-0.3, -0.25) is 0 Å². The quantitative estimate of drug-likeness (QED) is 0.148. The first-order chi connectivity index (χ1) is 30.0. The van der Waals surface area contributed by atoms with E-state index >= 15 is 0 Å². The average molecular weight is 876 g/mol. The zero-order valence-electron chi connectivity index (χ0n) is 35.9. The fourth-order valence-corrected chi connectivity index (χ4v) is 10.4. The van der Waals surface area contributed by atoms with Crippen LogP contribution >= 0.6 is 0 Å². The SMILES string of the molecule is CC(C)(C)c1ccnc(N2c3ccncc3[Se]c3ccc(Oc4cccc(N5CN(c6c(-c7ccccc7)cc(C(C)(C)C)cc6-c6ccccc6)c6cccnc65)c4)cc32)c1. The van der Waals surface area contributed by atoms with Crippen LogP contribution in [0.4, 0.5) is 40.1 Å². The molecule has 0 N–H and O–H groups in total. The van der Waals surface area contributed by atoms with E-state index in [9.17, 15) is 0 Å². The van der Waals surface area contributed by atoms with E-state index in [4.69, 9.17) is 14.7 Å². The molecular formula is C54H48N6OSe. The summed E-state index contributed by atoms with van der Waals surface area (Å²) in [5, 5.41) is 0. The Morgan fingerprint density at radius 3 is 1.95 bits per heavy atom. The van der Waals surface area contributed by atoms with Crippen LogP contribution < -0.4 is 28.4 Å². The maximum atomic E-state index is 6.78. The molecule has 7 nitrogen and oxygen atoms in total. The van der Waals surface area contributed by atoms with E-state index in [1.54, 1.807) is 0 Å². The molecule has 5 aromatic carbocycles. The molecule has 5 heterocycles. The van der Waals surface area contributed by atoms with Gasteiger partial charge in [-0.2, -0.15) is 0 Å². The van der Waals surface area contributed by atoms with Gasteiger partial charge >= 0.3 is 240 Å². The third-order valence-corrected chi connectivity index (χ3v) is 13.9. The van der Waals surface area contributed by atoms with Crippen molar-refractivity contribution >= 4 is 64.0 Å². The van der Waals surface area contributed by atoms with E-state index in [0.717, 1.165) is 51.6 Å². The standard InChI is InChI=1S/C54H48N6OSe/c1-53(2,3)38-24-28-56-50(31-38)60-45-25-27-55-34-49(45)62-48-23-22-42(33-47(48)60)61-41-20-13-19-40(32-41)58-35-59(46-21-14-26-57-52(46)58)51-43(36-15-9-7-10-16-36)29-39(54(4,5)6)30-44(51)37-17-11-8-12-18-37/h7-34H,35H2,1-6H3. The first kappa shape index (κ1) is 39.4. The molecule has 0 atom stereocenters. The van der Waals surface area contributed by atoms with Crippen LogP contribution in [0.1, 0.15) is 52.7 Å². The Kier molecular flexibility index (Phi) is 9.93. The summed E-state index contributed by atoms with van der Waals surface area (Å²) in [6.07, 6.45) is 7.66. The molecule has 0 amide bonds. The molecular weight excluding hydrogens is 828 g/mol. The first-order valence-electron chi connectivity index (χ1n) is 21.1. The predicted octanol–water partition coefficient (Wildman–Crippen LogP) is 12.3. The van der Waals surface area contributed by atoms with E-state index in [1.807, 2.05) is 36.9 Å². The Hall–Kier alpha value is -6.73. The van der Waals surface area contributed by atoms with Crippen LogP contribution in [0.2, 0.25) is 0 Å². The molecule has 0 saturated heterocycles. The monoisotopic (exact) mass is 876 g/mol. The Bertz CT molecular complexity index is 2880. The van der Waals surface area contributed by atoms with E-state index < -0.39 is 0 Å². The van der Waals surface area contributed by atoms with Gasteiger partial charge in [-0.15, -0.1) is 0 Å². The number of hydrogen-bond acceptors (Lipinski definition) is 7. The van der Waals surface area contributed by atoms with Crippen molar-refractivity contribution in [2.24, 2.45) is 0 Å². The van der Waals surface area contributed by atoms with E-state index in [2.05, 4.69) is 195 Å². The van der Waals surface area contributed by atoms with Crippen LogP contribution in [-0.2, 0) is 10.8 Å². The van der Waals surface area contributed by atoms with Gasteiger partial charge in [-0.1, -0.05) is 81.4 Å². The first-order valence-corrected chi connectivity index (χ1v) is 22.8. The van der Waals surface area contributed by atoms with Crippen molar-refractivity contribution in [2.75, 3.05) is 21.4 Å². The molecule has 0 saturated carbocycles. The van der Waals surface area contributed by atoms with Gasteiger partial charge in [0, 0.05) is 11.1 Å². The molecule has 8 aromatic rings. The van der Waals surface area contributed by atoms with E-state index in [1.165, 1.54) is 42.3 Å². The number of fused-ring (bicyclic) bond motifs is 3. The van der Waals surface area contributed by atoms with Gasteiger partial charge in [0.05, 0.1) is 0 Å². The van der Waals surface area contributed by atoms with Crippen LogP contribution in [0.3, 0.4) is 0 Å². The molecule has 2 aliphatic rings. The summed E-state index contributed by atoms with van der Waals surface area (Å²) < 4.78 is 9.26. The summed E-state index contributed by atoms with van der Waals surface area (Å²) in [6, 6.07) is 51.7. The zero-order chi connectivity index (χ0) is 42.6. The van der Waals surface area contributed by atoms with Crippen LogP contribution in [0.15, 0.2) is 170 Å². The van der Waals surface area contributed by atoms with Crippen LogP contribution in [-0.4, -0.2) is 36.6 Å². The summed E-state index contributed by atoms with van der Waals surface area (Å²) in [7, 11) is 0. The second-order valence-corrected chi connectivity index (χ2v) is 20.2. The normalized spacial score (nSPS) is 13.4. The Morgan fingerprint density at radius 1 is 0.532 bits per heavy atom. The van der Waals surface area contributed by atoms with Crippen molar-refractivity contribution in [3.63, 3.8) is 0 Å². The van der Waals surface area contributed by atoms with Crippen LogP contribution in [0.25, 0.3) is 22.3 Å². The van der Waals surface area contributed by atoms with E-state index in [-0.39, 0.29) is 25.8 Å². The second-order valence-electron chi connectivity index (χ2n) is 17.9. The van der Waals surface area contributed by atoms with Crippen molar-refractivity contribution < 1.29 is 4.74 Å². The van der Waals surface area contributed by atoms with Crippen molar-refractivity contribution in [3.8, 4) is 33.8 Å². The van der Waals surface area contributed by atoms with Gasteiger partial charge in [0.2, 0.25) is 0 Å². The van der Waals surface area contributed by atoms with Crippen molar-refractivity contribution in [3.05, 3.63) is 182 Å². The number of nitrogens with zero attached hydrogens (tertiary/aromatic N) is 6. The summed E-state index contributed by atoms with van der Waals surface area (Å²) >= 11 is 0.0747. The Morgan fingerprint density at radius 2 is 1.24 bits per heavy atom. The molecule has 0 bridgehead atoms. The molecule has 62 heavy (non-hydrogen) atoms. The van der Waals surface area contributed by atoms with Crippen molar-refractivity contribution in [2.45, 2.75) is 52.4 Å². The van der Waals surface area contributed by atoms with Gasteiger partial charge in [0.1, 0.15) is 0 Å². The minimum atomic E-state index is -0.0596. The minimum absolute atomic E-state index is 0.0229. The summed E-state index contributed by atoms with van der Waals surface area (Å²) in [5.41, 5.74) is 12.5. The molecule has 0 fully saturated rings. The molecule has 0 aliphatic carbocycles. The molecule has 0 radical (unpaired) electrons. The molecule has 0 unspecified atom stereocenters. The topological polar surface area (TPSA) is 57.6 Å². The number of ether oxygens (including phenoxy) is 1. The van der Waals surface area contributed by atoms with Crippen LogP contribution in [0.5, 0.6) is 11.5 Å². The number of hydrogen-bond donors (Lipinski definition) is 0. The molecule has 10 rings (SSSR count). The van der Waals surface area contributed by atoms with Gasteiger partial charge in [-0.25, -0.2) is 0 Å². The van der Waals surface area contributed by atoms with Gasteiger partial charge in [0.15, 0.2) is 0 Å². The van der Waals surface area contributed by atoms with Gasteiger partial charge < -0.3 is 0 Å². The van der Waals surface area contributed by atoms with E-state index in [0.29, 0.717) is 6.67 Å². The third-order valence-electron chi connectivity index (χ3n) is 11.6. The molecule has 2 aliphatic heterocycles. The third kappa shape index (κ3) is 7.40. The summed E-state index contributed by atoms with van der Waals surface area (Å²) in [6.45, 7) is 14.1. The maximum absolute atomic E-state index is 6.78. The fraction of sp³-hybridized carbons (Fsp3) is 0.167. The molecule has 0 spiro atoms. The average Bonchev–Trinajstić information content (AvgIpc) is 3.67. The molecule has 8 heteroatoms. The molecule has 3 aromatic heterocycles. The number of pyridine rings is 3. The number of benzene rings is 5. The van der Waals surface area contributed by atoms with Gasteiger partial charge in [0.25, 0.3) is 0 Å². The van der Waals surface area contributed by atoms with Crippen LogP contribution in [0, 0.1) is 0 Å². The Labute approximate surface area is 370 Å². The number of aromatic nitrogens is 3. The summed E-state index contributed by atoms with van der Waals surface area (Å²) in [4.78, 5) is 21.4. The van der Waals surface area contributed by atoms with Crippen molar-refractivity contribution in [1.82, 2.24) is 15.0 Å². The van der Waals surface area contributed by atoms with Crippen molar-refractivity contribution in [1.29, 1.82) is 0 Å². The summed E-state index contributed by atoms with van der Waals surface area (Å²) in [5.74, 6) is 3.27. The number of rotatable bonds is 7. The zero-order valence-corrected chi connectivity index (χ0v) is 37.6. The number of anilines is 7. The Balaban J connectivity index is 1.03. The second kappa shape index (κ2) is 15.6. The predicted molar refractivity (Wildman–Crippen MR) is 256 cm³/mol.